The molecule has 4 nitrogen and oxygen atoms in total. The molecule has 5 heteroatoms. The molecule has 132 valence electrons. The molecule has 24 heavy (non-hydrogen) atoms. The van der Waals surface area contributed by atoms with Gasteiger partial charge in [0.15, 0.2) is 0 Å². The molecule has 0 aromatic heterocycles. The third kappa shape index (κ3) is 4.01. The number of likely N-dealkylation sites (tertiary alicyclic amines) is 1. The van der Waals surface area contributed by atoms with Crippen LogP contribution in [0.25, 0.3) is 0 Å². The number of nitrogens with one attached hydrogen (secondary N) is 1. The Kier molecular flexibility index (Phi) is 4.67. The van der Waals surface area contributed by atoms with Crippen molar-refractivity contribution in [2.24, 2.45) is 5.92 Å². The van der Waals surface area contributed by atoms with Crippen LogP contribution in [0.4, 0.5) is 0 Å². The predicted molar refractivity (Wildman–Crippen MR) is 96.4 cm³/mol. The van der Waals surface area contributed by atoms with Crippen LogP contribution in [0.2, 0.25) is 0 Å². The van der Waals surface area contributed by atoms with Gasteiger partial charge in [-0.3, -0.25) is 4.90 Å². The van der Waals surface area contributed by atoms with Gasteiger partial charge in [0.1, 0.15) is 0 Å². The topological polar surface area (TPSA) is 49.4 Å². The average molecular weight is 349 g/mol. The van der Waals surface area contributed by atoms with Gasteiger partial charge in [0.05, 0.1) is 5.25 Å². The molecule has 0 radical (unpaired) electrons. The molecule has 1 N–H and O–H groups in total. The van der Waals surface area contributed by atoms with Crippen LogP contribution in [-0.4, -0.2) is 38.2 Å². The number of benzene rings is 1. The van der Waals surface area contributed by atoms with Gasteiger partial charge in [0, 0.05) is 19.6 Å². The standard InChI is InChI=1S/C19H28N2O2S/c22-24(23,18-9-10-18)20-12-15-4-3-11-21(13-15)14-17-5-1-2-6-19(17)16-7-8-16/h1-2,5-6,15-16,18,20H,3-4,7-14H2. The predicted octanol–water partition coefficient (Wildman–Crippen LogP) is 2.86. The Labute approximate surface area is 145 Å². The van der Waals surface area contributed by atoms with E-state index < -0.39 is 10.0 Å². The third-order valence-corrected chi connectivity index (χ3v) is 7.52. The van der Waals surface area contributed by atoms with E-state index in [2.05, 4.69) is 33.9 Å². The number of nitrogens with zero attached hydrogens (tertiary/aromatic N) is 1. The quantitative estimate of drug-likeness (QED) is 0.824. The zero-order chi connectivity index (χ0) is 16.6. The number of sulfonamides is 1. The van der Waals surface area contributed by atoms with E-state index in [0.717, 1.165) is 44.8 Å². The average Bonchev–Trinajstić information content (AvgIpc) is 3.47. The second kappa shape index (κ2) is 6.77. The van der Waals surface area contributed by atoms with Gasteiger partial charge in [-0.25, -0.2) is 13.1 Å². The summed E-state index contributed by atoms with van der Waals surface area (Å²) in [5, 5.41) is -0.109. The van der Waals surface area contributed by atoms with Crippen LogP contribution >= 0.6 is 0 Å². The van der Waals surface area contributed by atoms with Crippen LogP contribution in [0, 0.1) is 5.92 Å². The lowest BCUT2D eigenvalue weighted by molar-refractivity contribution is 0.168. The molecule has 4 rings (SSSR count). The van der Waals surface area contributed by atoms with Crippen molar-refractivity contribution in [3.63, 3.8) is 0 Å². The van der Waals surface area contributed by atoms with Crippen LogP contribution in [-0.2, 0) is 16.6 Å². The Bertz CT molecular complexity index is 680. The molecule has 1 unspecified atom stereocenters. The second-order valence-corrected chi connectivity index (χ2v) is 9.85. The number of hydrogen-bond donors (Lipinski definition) is 1. The maximum absolute atomic E-state index is 12.0. The Hall–Kier alpha value is -0.910. The lowest BCUT2D eigenvalue weighted by Gasteiger charge is -2.33. The largest absolute Gasteiger partial charge is 0.299 e. The fourth-order valence-corrected chi connectivity index (χ4v) is 5.36. The molecular weight excluding hydrogens is 320 g/mol. The molecule has 2 saturated carbocycles. The first-order chi connectivity index (χ1) is 11.6. The van der Waals surface area contributed by atoms with Crippen LogP contribution in [0.3, 0.4) is 0 Å². The summed E-state index contributed by atoms with van der Waals surface area (Å²) in [5.41, 5.74) is 3.01. The van der Waals surface area contributed by atoms with E-state index in [9.17, 15) is 8.42 Å². The molecule has 3 aliphatic rings. The molecule has 0 bridgehead atoms. The summed E-state index contributed by atoms with van der Waals surface area (Å²) < 4.78 is 26.9. The molecule has 3 fully saturated rings. The van der Waals surface area contributed by atoms with Gasteiger partial charge >= 0.3 is 0 Å². The zero-order valence-corrected chi connectivity index (χ0v) is 15.1. The molecule has 2 aliphatic carbocycles. The first-order valence-electron chi connectivity index (χ1n) is 9.40. The fraction of sp³-hybridized carbons (Fsp3) is 0.684. The first-order valence-corrected chi connectivity index (χ1v) is 10.9. The highest BCUT2D eigenvalue weighted by Gasteiger charge is 2.36. The van der Waals surface area contributed by atoms with Gasteiger partial charge in [0.25, 0.3) is 0 Å². The molecule has 1 aliphatic heterocycles. The summed E-state index contributed by atoms with van der Waals surface area (Å²) in [6.45, 7) is 3.76. The van der Waals surface area contributed by atoms with Crippen LogP contribution < -0.4 is 4.72 Å². The van der Waals surface area contributed by atoms with Crippen molar-refractivity contribution in [1.82, 2.24) is 9.62 Å². The van der Waals surface area contributed by atoms with Crippen molar-refractivity contribution in [2.75, 3.05) is 19.6 Å². The fourth-order valence-electron chi connectivity index (χ4n) is 3.90. The SMILES string of the molecule is O=S(=O)(NCC1CCCN(Cc2ccccc2C2CC2)C1)C1CC1. The molecule has 1 aromatic rings. The smallest absolute Gasteiger partial charge is 0.214 e. The van der Waals surface area contributed by atoms with Crippen molar-refractivity contribution in [3.8, 4) is 0 Å². The maximum Gasteiger partial charge on any atom is 0.214 e. The molecule has 1 heterocycles. The number of rotatable bonds is 7. The highest BCUT2D eigenvalue weighted by molar-refractivity contribution is 7.90. The van der Waals surface area contributed by atoms with Crippen molar-refractivity contribution >= 4 is 10.0 Å². The highest BCUT2D eigenvalue weighted by Crippen LogP contribution is 2.42. The Morgan fingerprint density at radius 2 is 1.88 bits per heavy atom. The van der Waals surface area contributed by atoms with E-state index in [-0.39, 0.29) is 5.25 Å². The van der Waals surface area contributed by atoms with E-state index >= 15 is 0 Å². The van der Waals surface area contributed by atoms with Gasteiger partial charge in [-0.2, -0.15) is 0 Å². The summed E-state index contributed by atoms with van der Waals surface area (Å²) in [4.78, 5) is 2.51. The minimum atomic E-state index is -3.04. The lowest BCUT2D eigenvalue weighted by atomic mass is 9.96. The Balaban J connectivity index is 1.33. The minimum Gasteiger partial charge on any atom is -0.299 e. The summed E-state index contributed by atoms with van der Waals surface area (Å²) in [7, 11) is -3.04. The number of piperidine rings is 1. The monoisotopic (exact) mass is 348 g/mol. The Morgan fingerprint density at radius 3 is 2.62 bits per heavy atom. The van der Waals surface area contributed by atoms with E-state index in [1.165, 1.54) is 30.4 Å². The molecule has 1 saturated heterocycles. The van der Waals surface area contributed by atoms with E-state index in [0.29, 0.717) is 12.5 Å². The van der Waals surface area contributed by atoms with Crippen LogP contribution in [0.5, 0.6) is 0 Å². The van der Waals surface area contributed by atoms with Gasteiger partial charge in [-0.15, -0.1) is 0 Å². The maximum atomic E-state index is 12.0. The van der Waals surface area contributed by atoms with Gasteiger partial charge in [-0.1, -0.05) is 24.3 Å². The first kappa shape index (κ1) is 16.6. The van der Waals surface area contributed by atoms with Crippen molar-refractivity contribution in [1.29, 1.82) is 0 Å². The summed E-state index contributed by atoms with van der Waals surface area (Å²) >= 11 is 0. The summed E-state index contributed by atoms with van der Waals surface area (Å²) in [6.07, 6.45) is 6.65. The Morgan fingerprint density at radius 1 is 1.08 bits per heavy atom. The third-order valence-electron chi connectivity index (χ3n) is 5.61. The molecule has 1 aromatic carbocycles. The van der Waals surface area contributed by atoms with Gasteiger partial charge in [0.2, 0.25) is 10.0 Å². The summed E-state index contributed by atoms with van der Waals surface area (Å²) in [5.74, 6) is 1.23. The second-order valence-electron chi connectivity index (χ2n) is 7.81. The van der Waals surface area contributed by atoms with Crippen LogP contribution in [0.1, 0.15) is 55.6 Å². The van der Waals surface area contributed by atoms with E-state index in [1.54, 1.807) is 0 Å². The van der Waals surface area contributed by atoms with Gasteiger partial charge < -0.3 is 0 Å². The van der Waals surface area contributed by atoms with E-state index in [4.69, 9.17) is 0 Å². The van der Waals surface area contributed by atoms with Crippen LogP contribution in [0.15, 0.2) is 24.3 Å². The lowest BCUT2D eigenvalue weighted by Crippen LogP contribution is -2.41. The van der Waals surface area contributed by atoms with Crippen molar-refractivity contribution in [3.05, 3.63) is 35.4 Å². The van der Waals surface area contributed by atoms with Gasteiger partial charge in [-0.05, 0) is 68.0 Å². The number of hydrogen-bond acceptors (Lipinski definition) is 3. The molecule has 0 amide bonds. The van der Waals surface area contributed by atoms with E-state index in [1.807, 2.05) is 0 Å². The minimum absolute atomic E-state index is 0.109. The molecule has 0 spiro atoms. The normalized spacial score (nSPS) is 25.8. The van der Waals surface area contributed by atoms with Crippen molar-refractivity contribution < 1.29 is 8.42 Å². The zero-order valence-electron chi connectivity index (χ0n) is 14.3. The highest BCUT2D eigenvalue weighted by atomic mass is 32.2. The molecule has 1 atom stereocenters. The van der Waals surface area contributed by atoms with Crippen molar-refractivity contribution in [2.45, 2.75) is 56.2 Å². The summed E-state index contributed by atoms with van der Waals surface area (Å²) in [6, 6.07) is 8.86. The molecular formula is C19H28N2O2S.